The van der Waals surface area contributed by atoms with Crippen molar-refractivity contribution in [2.24, 2.45) is 0 Å². The third-order valence-electron chi connectivity index (χ3n) is 4.96. The van der Waals surface area contributed by atoms with Crippen molar-refractivity contribution >= 4 is 40.5 Å². The summed E-state index contributed by atoms with van der Waals surface area (Å²) in [5.41, 5.74) is 0.791. The van der Waals surface area contributed by atoms with Crippen molar-refractivity contribution < 1.29 is 14.3 Å². The van der Waals surface area contributed by atoms with Crippen molar-refractivity contribution in [2.45, 2.75) is 69.8 Å². The third-order valence-corrected chi connectivity index (χ3v) is 5.82. The number of piperidine rings is 1. The number of thioether (sulfide) groups is 1. The van der Waals surface area contributed by atoms with Crippen LogP contribution in [0.2, 0.25) is 0 Å². The molecule has 10 heteroatoms. The van der Waals surface area contributed by atoms with Gasteiger partial charge in [-0.25, -0.2) is 14.6 Å². The third kappa shape index (κ3) is 6.56. The molecular formula is C21H32N6O3S. The van der Waals surface area contributed by atoms with Gasteiger partial charge in [0.2, 0.25) is 5.91 Å². The molecular weight excluding hydrogens is 416 g/mol. The van der Waals surface area contributed by atoms with E-state index in [0.29, 0.717) is 24.9 Å². The molecule has 31 heavy (non-hydrogen) atoms. The van der Waals surface area contributed by atoms with E-state index in [1.165, 1.54) is 19.3 Å². The molecule has 9 nitrogen and oxygen atoms in total. The van der Waals surface area contributed by atoms with Gasteiger partial charge in [0.15, 0.2) is 10.8 Å². The Bertz CT molecular complexity index is 895. The van der Waals surface area contributed by atoms with E-state index < -0.39 is 0 Å². The van der Waals surface area contributed by atoms with Crippen LogP contribution >= 0.6 is 11.8 Å². The number of rotatable bonds is 10. The van der Waals surface area contributed by atoms with Gasteiger partial charge in [-0.05, 0) is 26.2 Å². The first kappa shape index (κ1) is 23.3. The van der Waals surface area contributed by atoms with Crippen LogP contribution in [0.3, 0.4) is 0 Å². The average Bonchev–Trinajstić information content (AvgIpc) is 3.15. The maximum Gasteiger partial charge on any atom is 0.306 e. The minimum atomic E-state index is -0.354. The van der Waals surface area contributed by atoms with Gasteiger partial charge in [-0.3, -0.25) is 9.59 Å². The topological polar surface area (TPSA) is 102 Å². The predicted octanol–water partition coefficient (Wildman–Crippen LogP) is 2.78. The molecule has 0 aromatic carbocycles. The van der Waals surface area contributed by atoms with Crippen molar-refractivity contribution in [3.8, 4) is 0 Å². The normalized spacial score (nSPS) is 14.3. The van der Waals surface area contributed by atoms with Gasteiger partial charge in [0, 0.05) is 31.3 Å². The summed E-state index contributed by atoms with van der Waals surface area (Å²) in [5, 5.41) is 9.44. The van der Waals surface area contributed by atoms with E-state index in [2.05, 4.69) is 29.2 Å². The fourth-order valence-corrected chi connectivity index (χ4v) is 4.23. The Labute approximate surface area is 187 Å². The van der Waals surface area contributed by atoms with Crippen LogP contribution in [0.15, 0.2) is 11.4 Å². The number of carbonyl (C=O) groups excluding carboxylic acids is 2. The van der Waals surface area contributed by atoms with E-state index in [-0.39, 0.29) is 24.7 Å². The summed E-state index contributed by atoms with van der Waals surface area (Å²) in [7, 11) is 0. The van der Waals surface area contributed by atoms with E-state index in [1.54, 1.807) is 18.7 Å². The summed E-state index contributed by atoms with van der Waals surface area (Å²) in [4.78, 5) is 35.3. The zero-order valence-electron chi connectivity index (χ0n) is 18.6. The van der Waals surface area contributed by atoms with E-state index >= 15 is 0 Å². The van der Waals surface area contributed by atoms with Crippen LogP contribution in [-0.2, 0) is 20.9 Å². The summed E-state index contributed by atoms with van der Waals surface area (Å²) in [6.45, 7) is 9.23. The Hall–Kier alpha value is -2.36. The Morgan fingerprint density at radius 2 is 1.97 bits per heavy atom. The van der Waals surface area contributed by atoms with E-state index in [9.17, 15) is 9.59 Å². The number of aromatic nitrogens is 4. The Morgan fingerprint density at radius 1 is 1.19 bits per heavy atom. The molecule has 1 amide bonds. The van der Waals surface area contributed by atoms with Crippen molar-refractivity contribution in [2.75, 3.05) is 31.1 Å². The van der Waals surface area contributed by atoms with Crippen molar-refractivity contribution in [3.63, 3.8) is 0 Å². The first-order chi connectivity index (χ1) is 15.0. The van der Waals surface area contributed by atoms with Gasteiger partial charge in [-0.2, -0.15) is 5.10 Å². The quantitative estimate of drug-likeness (QED) is 0.336. The highest BCUT2D eigenvalue weighted by atomic mass is 32.2. The van der Waals surface area contributed by atoms with E-state index in [0.717, 1.165) is 35.1 Å². The highest BCUT2D eigenvalue weighted by Crippen LogP contribution is 2.30. The Balaban J connectivity index is 1.69. The molecule has 0 atom stereocenters. The van der Waals surface area contributed by atoms with E-state index in [4.69, 9.17) is 14.7 Å². The fraction of sp³-hybridized carbons (Fsp3) is 0.667. The first-order valence-corrected chi connectivity index (χ1v) is 11.9. The number of amides is 1. The lowest BCUT2D eigenvalue weighted by atomic mass is 10.1. The smallest absolute Gasteiger partial charge is 0.306 e. The highest BCUT2D eigenvalue weighted by molar-refractivity contribution is 7.99. The number of nitrogens with one attached hydrogen (secondary N) is 1. The van der Waals surface area contributed by atoms with Gasteiger partial charge in [-0.15, -0.1) is 0 Å². The van der Waals surface area contributed by atoms with Gasteiger partial charge in [0.25, 0.3) is 0 Å². The molecule has 0 radical (unpaired) electrons. The zero-order valence-corrected chi connectivity index (χ0v) is 19.4. The Morgan fingerprint density at radius 3 is 2.68 bits per heavy atom. The molecule has 1 aliphatic rings. The maximum absolute atomic E-state index is 12.0. The fourth-order valence-electron chi connectivity index (χ4n) is 3.53. The summed E-state index contributed by atoms with van der Waals surface area (Å²) in [6.07, 6.45) is 5.63. The number of anilines is 1. The number of esters is 1. The van der Waals surface area contributed by atoms with Crippen molar-refractivity contribution in [1.82, 2.24) is 25.1 Å². The number of ether oxygens (including phenoxy) is 1. The summed E-state index contributed by atoms with van der Waals surface area (Å²) < 4.78 is 6.67. The van der Waals surface area contributed by atoms with E-state index in [1.807, 2.05) is 10.9 Å². The van der Waals surface area contributed by atoms with Crippen LogP contribution in [-0.4, -0.2) is 63.1 Å². The minimum Gasteiger partial charge on any atom is -0.466 e. The molecule has 1 aliphatic heterocycles. The number of nitrogens with zero attached hydrogens (tertiary/aromatic N) is 5. The molecule has 0 bridgehead atoms. The number of fused-ring (bicyclic) bond motifs is 1. The van der Waals surface area contributed by atoms with Crippen molar-refractivity contribution in [1.29, 1.82) is 0 Å². The van der Waals surface area contributed by atoms with Crippen molar-refractivity contribution in [3.05, 3.63) is 6.20 Å². The molecule has 2 aromatic heterocycles. The molecule has 0 aliphatic carbocycles. The predicted molar refractivity (Wildman–Crippen MR) is 121 cm³/mol. The molecule has 1 saturated heterocycles. The monoisotopic (exact) mass is 448 g/mol. The van der Waals surface area contributed by atoms with Crippen LogP contribution in [0.4, 0.5) is 5.82 Å². The number of hydrogen-bond donors (Lipinski definition) is 1. The highest BCUT2D eigenvalue weighted by Gasteiger charge is 2.20. The van der Waals surface area contributed by atoms with Crippen LogP contribution < -0.4 is 10.2 Å². The molecule has 0 saturated carbocycles. The second-order valence-corrected chi connectivity index (χ2v) is 9.35. The molecule has 170 valence electrons. The van der Waals surface area contributed by atoms with Crippen LogP contribution in [0.1, 0.15) is 52.9 Å². The molecule has 2 aromatic rings. The lowest BCUT2D eigenvalue weighted by molar-refractivity contribution is -0.144. The second kappa shape index (κ2) is 11.3. The number of carbonyl (C=O) groups is 2. The minimum absolute atomic E-state index is 0.0899. The van der Waals surface area contributed by atoms with Gasteiger partial charge in [0.1, 0.15) is 5.82 Å². The van der Waals surface area contributed by atoms with Crippen LogP contribution in [0.25, 0.3) is 11.0 Å². The lowest BCUT2D eigenvalue weighted by Gasteiger charge is -2.28. The van der Waals surface area contributed by atoms with Gasteiger partial charge >= 0.3 is 5.97 Å². The first-order valence-electron chi connectivity index (χ1n) is 11.1. The van der Waals surface area contributed by atoms with Gasteiger partial charge < -0.3 is 15.0 Å². The average molecular weight is 449 g/mol. The molecule has 3 heterocycles. The second-order valence-electron chi connectivity index (χ2n) is 7.80. The molecule has 3 rings (SSSR count). The molecule has 1 N–H and O–H groups in total. The SMILES string of the molecule is CCOC(=O)CCC(=O)NCCn1ncc2c(N3CCCCC3)nc(SC(C)C)nc21. The maximum atomic E-state index is 12.0. The molecule has 1 fully saturated rings. The standard InChI is InChI=1S/C21H32N6O3S/c1-4-30-18(29)9-8-17(28)22-10-13-27-20-16(14-23-27)19(26-11-6-5-7-12-26)24-21(25-20)31-15(2)3/h14-15H,4-13H2,1-3H3,(H,22,28). The van der Waals surface area contributed by atoms with Gasteiger partial charge in [-0.1, -0.05) is 25.6 Å². The number of hydrogen-bond acceptors (Lipinski definition) is 8. The molecule has 0 unspecified atom stereocenters. The zero-order chi connectivity index (χ0) is 22.2. The summed E-state index contributed by atoms with van der Waals surface area (Å²) in [6, 6.07) is 0. The van der Waals surface area contributed by atoms with Crippen LogP contribution in [0.5, 0.6) is 0 Å². The summed E-state index contributed by atoms with van der Waals surface area (Å²) in [5.74, 6) is 0.426. The summed E-state index contributed by atoms with van der Waals surface area (Å²) >= 11 is 1.64. The van der Waals surface area contributed by atoms with Crippen LogP contribution in [0, 0.1) is 0 Å². The largest absolute Gasteiger partial charge is 0.466 e. The molecule has 0 spiro atoms. The lowest BCUT2D eigenvalue weighted by Crippen LogP contribution is -2.30. The van der Waals surface area contributed by atoms with Gasteiger partial charge in [0.05, 0.1) is 31.2 Å². The Kier molecular flexibility index (Phi) is 8.51.